The van der Waals surface area contributed by atoms with Crippen LogP contribution in [-0.2, 0) is 0 Å². The molecule has 0 spiro atoms. The van der Waals surface area contributed by atoms with E-state index in [-0.39, 0.29) is 6.04 Å². The fourth-order valence-corrected chi connectivity index (χ4v) is 2.00. The van der Waals surface area contributed by atoms with Crippen molar-refractivity contribution in [2.45, 2.75) is 33.7 Å². The molecule has 0 aliphatic carbocycles. The third-order valence-electron chi connectivity index (χ3n) is 3.06. The molecule has 0 bridgehead atoms. The number of rotatable bonds is 3. The Morgan fingerprint density at radius 3 is 2.56 bits per heavy atom. The van der Waals surface area contributed by atoms with E-state index in [1.807, 2.05) is 32.9 Å². The summed E-state index contributed by atoms with van der Waals surface area (Å²) in [6.07, 6.45) is 1.78. The number of aryl methyl sites for hydroxylation is 3. The summed E-state index contributed by atoms with van der Waals surface area (Å²) in [6, 6.07) is 4.04. The van der Waals surface area contributed by atoms with Gasteiger partial charge in [0.1, 0.15) is 17.3 Å². The number of aromatic nitrogens is 1. The SMILES string of the molecule is Cc1cc(C(C)Nc2cc(N)c(C)cn2)c(C)o1. The Bertz CT molecular complexity index is 560. The van der Waals surface area contributed by atoms with Crippen molar-refractivity contribution in [2.24, 2.45) is 0 Å². The average molecular weight is 245 g/mol. The quantitative estimate of drug-likeness (QED) is 0.870. The van der Waals surface area contributed by atoms with Crippen LogP contribution >= 0.6 is 0 Å². The summed E-state index contributed by atoms with van der Waals surface area (Å²) in [5.74, 6) is 2.64. The van der Waals surface area contributed by atoms with Gasteiger partial charge in [-0.2, -0.15) is 0 Å². The van der Waals surface area contributed by atoms with Crippen LogP contribution in [0.25, 0.3) is 0 Å². The number of nitrogens with zero attached hydrogens (tertiary/aromatic N) is 1. The van der Waals surface area contributed by atoms with Gasteiger partial charge in [-0.3, -0.25) is 0 Å². The standard InChI is InChI=1S/C14H19N3O/c1-8-7-16-14(6-13(8)15)17-10(3)12-5-9(2)18-11(12)4/h5-7,10H,1-4H3,(H3,15,16,17). The maximum Gasteiger partial charge on any atom is 0.128 e. The number of nitrogens with two attached hydrogens (primary N) is 1. The summed E-state index contributed by atoms with van der Waals surface area (Å²) < 4.78 is 5.53. The fourth-order valence-electron chi connectivity index (χ4n) is 2.00. The van der Waals surface area contributed by atoms with Gasteiger partial charge in [-0.25, -0.2) is 4.98 Å². The minimum absolute atomic E-state index is 0.136. The maximum absolute atomic E-state index is 5.87. The van der Waals surface area contributed by atoms with Crippen LogP contribution < -0.4 is 11.1 Å². The van der Waals surface area contributed by atoms with Gasteiger partial charge >= 0.3 is 0 Å². The smallest absolute Gasteiger partial charge is 0.128 e. The van der Waals surface area contributed by atoms with Crippen molar-refractivity contribution in [1.29, 1.82) is 0 Å². The second-order valence-corrected chi connectivity index (χ2v) is 4.66. The van der Waals surface area contributed by atoms with Gasteiger partial charge in [0.05, 0.1) is 6.04 Å². The molecule has 1 unspecified atom stereocenters. The maximum atomic E-state index is 5.87. The highest BCUT2D eigenvalue weighted by molar-refractivity contribution is 5.54. The van der Waals surface area contributed by atoms with Crippen molar-refractivity contribution in [3.8, 4) is 0 Å². The molecular formula is C14H19N3O. The van der Waals surface area contributed by atoms with Gasteiger partial charge in [0, 0.05) is 23.5 Å². The molecule has 2 aromatic rings. The lowest BCUT2D eigenvalue weighted by molar-refractivity contribution is 0.500. The zero-order chi connectivity index (χ0) is 13.3. The molecule has 2 aromatic heterocycles. The first-order chi connectivity index (χ1) is 8.47. The number of nitrogen functional groups attached to an aromatic ring is 1. The van der Waals surface area contributed by atoms with E-state index in [4.69, 9.17) is 10.2 Å². The van der Waals surface area contributed by atoms with E-state index in [0.29, 0.717) is 0 Å². The van der Waals surface area contributed by atoms with E-state index in [1.165, 1.54) is 0 Å². The van der Waals surface area contributed by atoms with Crippen LogP contribution in [0.15, 0.2) is 22.7 Å². The van der Waals surface area contributed by atoms with Crippen molar-refractivity contribution < 1.29 is 4.42 Å². The highest BCUT2D eigenvalue weighted by atomic mass is 16.3. The summed E-state index contributed by atoms with van der Waals surface area (Å²) in [7, 11) is 0. The van der Waals surface area contributed by atoms with E-state index in [1.54, 1.807) is 6.20 Å². The summed E-state index contributed by atoms with van der Waals surface area (Å²) >= 11 is 0. The van der Waals surface area contributed by atoms with Crippen molar-refractivity contribution in [1.82, 2.24) is 4.98 Å². The lowest BCUT2D eigenvalue weighted by Gasteiger charge is -2.14. The molecule has 0 amide bonds. The van der Waals surface area contributed by atoms with Crippen LogP contribution in [0.2, 0.25) is 0 Å². The molecule has 0 saturated heterocycles. The molecule has 2 heterocycles. The molecule has 2 rings (SSSR count). The fraction of sp³-hybridized carbons (Fsp3) is 0.357. The molecule has 4 nitrogen and oxygen atoms in total. The first-order valence-electron chi connectivity index (χ1n) is 6.03. The summed E-state index contributed by atoms with van der Waals surface area (Å²) in [5, 5.41) is 3.33. The Balaban J connectivity index is 2.18. The highest BCUT2D eigenvalue weighted by Gasteiger charge is 2.13. The van der Waals surface area contributed by atoms with Crippen LogP contribution in [0.3, 0.4) is 0 Å². The molecule has 0 radical (unpaired) electrons. The molecule has 1 atom stereocenters. The Labute approximate surface area is 107 Å². The van der Waals surface area contributed by atoms with Gasteiger partial charge in [0.25, 0.3) is 0 Å². The van der Waals surface area contributed by atoms with Gasteiger partial charge in [0.15, 0.2) is 0 Å². The third kappa shape index (κ3) is 2.47. The second-order valence-electron chi connectivity index (χ2n) is 4.66. The molecule has 4 heteroatoms. The van der Waals surface area contributed by atoms with Crippen LogP contribution in [0.5, 0.6) is 0 Å². The molecule has 18 heavy (non-hydrogen) atoms. The average Bonchev–Trinajstić information content (AvgIpc) is 2.63. The first kappa shape index (κ1) is 12.5. The van der Waals surface area contributed by atoms with Gasteiger partial charge in [-0.15, -0.1) is 0 Å². The summed E-state index contributed by atoms with van der Waals surface area (Å²) in [4.78, 5) is 4.32. The largest absolute Gasteiger partial charge is 0.466 e. The molecule has 0 fully saturated rings. The van der Waals surface area contributed by atoms with Gasteiger partial charge in [-0.1, -0.05) is 0 Å². The van der Waals surface area contributed by atoms with Crippen molar-refractivity contribution >= 4 is 11.5 Å². The molecule has 0 saturated carbocycles. The van der Waals surface area contributed by atoms with Gasteiger partial charge in [0.2, 0.25) is 0 Å². The first-order valence-corrected chi connectivity index (χ1v) is 6.03. The topological polar surface area (TPSA) is 64.1 Å². The minimum atomic E-state index is 0.136. The molecule has 0 aliphatic rings. The normalized spacial score (nSPS) is 12.4. The number of furan rings is 1. The number of pyridine rings is 1. The van der Waals surface area contributed by atoms with E-state index < -0.39 is 0 Å². The molecule has 0 aromatic carbocycles. The van der Waals surface area contributed by atoms with E-state index in [9.17, 15) is 0 Å². The third-order valence-corrected chi connectivity index (χ3v) is 3.06. The van der Waals surface area contributed by atoms with Crippen LogP contribution in [0.1, 0.15) is 35.6 Å². The number of anilines is 2. The van der Waals surface area contributed by atoms with Gasteiger partial charge < -0.3 is 15.5 Å². The Morgan fingerprint density at radius 1 is 1.28 bits per heavy atom. The minimum Gasteiger partial charge on any atom is -0.466 e. The van der Waals surface area contributed by atoms with Crippen LogP contribution in [0.4, 0.5) is 11.5 Å². The predicted octanol–water partition coefficient (Wildman–Crippen LogP) is 3.36. The Kier molecular flexibility index (Phi) is 3.28. The lowest BCUT2D eigenvalue weighted by Crippen LogP contribution is -2.08. The molecule has 96 valence electrons. The number of nitrogens with one attached hydrogen (secondary N) is 1. The van der Waals surface area contributed by atoms with Crippen molar-refractivity contribution in [2.75, 3.05) is 11.1 Å². The van der Waals surface area contributed by atoms with E-state index in [0.717, 1.165) is 34.2 Å². The molecular weight excluding hydrogens is 226 g/mol. The lowest BCUT2D eigenvalue weighted by atomic mass is 10.1. The summed E-state index contributed by atoms with van der Waals surface area (Å²) in [6.45, 7) is 7.94. The Morgan fingerprint density at radius 2 is 2.00 bits per heavy atom. The molecule has 3 N–H and O–H groups in total. The Hall–Kier alpha value is -1.97. The van der Waals surface area contributed by atoms with Crippen LogP contribution in [-0.4, -0.2) is 4.98 Å². The zero-order valence-electron chi connectivity index (χ0n) is 11.2. The number of hydrogen-bond acceptors (Lipinski definition) is 4. The predicted molar refractivity (Wildman–Crippen MR) is 73.6 cm³/mol. The number of hydrogen-bond donors (Lipinski definition) is 2. The van der Waals surface area contributed by atoms with Gasteiger partial charge in [-0.05, 0) is 39.3 Å². The second kappa shape index (κ2) is 4.72. The highest BCUT2D eigenvalue weighted by Crippen LogP contribution is 2.25. The molecule has 0 aliphatic heterocycles. The zero-order valence-corrected chi connectivity index (χ0v) is 11.2. The van der Waals surface area contributed by atoms with Crippen LogP contribution in [0, 0.1) is 20.8 Å². The monoisotopic (exact) mass is 245 g/mol. The van der Waals surface area contributed by atoms with Crippen molar-refractivity contribution in [3.05, 3.63) is 41.0 Å². The van der Waals surface area contributed by atoms with E-state index >= 15 is 0 Å². The summed E-state index contributed by atoms with van der Waals surface area (Å²) in [5.41, 5.74) is 8.76. The van der Waals surface area contributed by atoms with E-state index in [2.05, 4.69) is 17.2 Å². The van der Waals surface area contributed by atoms with Crippen molar-refractivity contribution in [3.63, 3.8) is 0 Å².